The topological polar surface area (TPSA) is 37.8 Å². The van der Waals surface area contributed by atoms with Crippen molar-refractivity contribution in [3.8, 4) is 0 Å². The lowest BCUT2D eigenvalue weighted by molar-refractivity contribution is -0.0355. The highest BCUT2D eigenvalue weighted by atomic mass is 14.9. The van der Waals surface area contributed by atoms with Crippen molar-refractivity contribution in [1.29, 1.82) is 0 Å². The molecule has 1 aromatic heterocycles. The van der Waals surface area contributed by atoms with Gasteiger partial charge in [-0.15, -0.1) is 0 Å². The molecule has 0 aliphatic heterocycles. The van der Waals surface area contributed by atoms with Crippen LogP contribution in [0.3, 0.4) is 0 Å². The Morgan fingerprint density at radius 3 is 2.45 bits per heavy atom. The van der Waals surface area contributed by atoms with Gasteiger partial charge in [0.25, 0.3) is 0 Å². The summed E-state index contributed by atoms with van der Waals surface area (Å²) in [6, 6.07) is 2.02. The van der Waals surface area contributed by atoms with E-state index in [2.05, 4.69) is 15.3 Å². The first-order chi connectivity index (χ1) is 9.78. The minimum atomic E-state index is 0.874. The van der Waals surface area contributed by atoms with Gasteiger partial charge in [-0.2, -0.15) is 0 Å². The summed E-state index contributed by atoms with van der Waals surface area (Å²) in [5.74, 6) is 6.01. The second kappa shape index (κ2) is 5.10. The van der Waals surface area contributed by atoms with Crippen molar-refractivity contribution in [3.63, 3.8) is 0 Å². The Morgan fingerprint density at radius 1 is 1.10 bits per heavy atom. The first-order valence-electron chi connectivity index (χ1n) is 8.27. The van der Waals surface area contributed by atoms with E-state index in [1.54, 1.807) is 6.42 Å². The maximum absolute atomic E-state index is 4.47. The van der Waals surface area contributed by atoms with E-state index in [9.17, 15) is 0 Å². The Labute approximate surface area is 121 Å². The van der Waals surface area contributed by atoms with E-state index in [0.29, 0.717) is 0 Å². The van der Waals surface area contributed by atoms with Gasteiger partial charge in [0.2, 0.25) is 0 Å². The third kappa shape index (κ3) is 2.37. The predicted octanol–water partition coefficient (Wildman–Crippen LogP) is 2.95. The maximum Gasteiger partial charge on any atom is 0.125 e. The molecular formula is C17H25N3. The number of rotatable bonds is 4. The summed E-state index contributed by atoms with van der Waals surface area (Å²) in [6.45, 7) is 4.05. The monoisotopic (exact) mass is 271 g/mol. The van der Waals surface area contributed by atoms with Crippen LogP contribution in [0.5, 0.6) is 0 Å². The van der Waals surface area contributed by atoms with Crippen LogP contribution in [-0.4, -0.2) is 16.5 Å². The Morgan fingerprint density at radius 2 is 1.80 bits per heavy atom. The van der Waals surface area contributed by atoms with Crippen molar-refractivity contribution in [3.05, 3.63) is 23.8 Å². The van der Waals surface area contributed by atoms with Gasteiger partial charge in [-0.1, -0.05) is 0 Å². The number of aryl methyl sites for hydroxylation is 1. The molecule has 0 saturated heterocycles. The molecule has 4 aliphatic carbocycles. The quantitative estimate of drug-likeness (QED) is 0.915. The summed E-state index contributed by atoms with van der Waals surface area (Å²) >= 11 is 0. The van der Waals surface area contributed by atoms with Gasteiger partial charge < -0.3 is 5.32 Å². The SMILES string of the molecule is Cc1nccc(CNCC2C3CC4CC(C3)CC2C4)n1. The van der Waals surface area contributed by atoms with E-state index in [4.69, 9.17) is 0 Å². The van der Waals surface area contributed by atoms with E-state index < -0.39 is 0 Å². The van der Waals surface area contributed by atoms with Gasteiger partial charge in [0, 0.05) is 12.7 Å². The molecule has 0 spiro atoms. The van der Waals surface area contributed by atoms with Crippen LogP contribution in [0.2, 0.25) is 0 Å². The van der Waals surface area contributed by atoms with Crippen molar-refractivity contribution >= 4 is 0 Å². The average Bonchev–Trinajstić information content (AvgIpc) is 2.41. The highest BCUT2D eigenvalue weighted by Gasteiger charge is 2.47. The molecule has 5 rings (SSSR count). The third-order valence-corrected chi connectivity index (χ3v) is 5.94. The van der Waals surface area contributed by atoms with Crippen molar-refractivity contribution in [2.24, 2.45) is 29.6 Å². The Hall–Kier alpha value is -0.960. The summed E-state index contributed by atoms with van der Waals surface area (Å²) < 4.78 is 0. The fourth-order valence-electron chi connectivity index (χ4n) is 5.34. The van der Waals surface area contributed by atoms with E-state index in [0.717, 1.165) is 47.7 Å². The van der Waals surface area contributed by atoms with Gasteiger partial charge in [-0.25, -0.2) is 9.97 Å². The largest absolute Gasteiger partial charge is 0.311 e. The molecule has 0 atom stereocenters. The summed E-state index contributed by atoms with van der Waals surface area (Å²) in [4.78, 5) is 8.63. The average molecular weight is 271 g/mol. The number of aromatic nitrogens is 2. The Balaban J connectivity index is 1.34. The molecule has 3 nitrogen and oxygen atoms in total. The maximum atomic E-state index is 4.47. The number of hydrogen-bond acceptors (Lipinski definition) is 3. The molecule has 4 bridgehead atoms. The molecule has 0 radical (unpaired) electrons. The molecule has 4 fully saturated rings. The van der Waals surface area contributed by atoms with E-state index in [1.807, 2.05) is 19.2 Å². The van der Waals surface area contributed by atoms with Crippen LogP contribution in [0.1, 0.15) is 43.6 Å². The molecule has 3 heteroatoms. The lowest BCUT2D eigenvalue weighted by atomic mass is 9.52. The highest BCUT2D eigenvalue weighted by molar-refractivity contribution is 5.02. The molecule has 0 amide bonds. The van der Waals surface area contributed by atoms with Crippen molar-refractivity contribution in [1.82, 2.24) is 15.3 Å². The van der Waals surface area contributed by atoms with Crippen LogP contribution in [0.25, 0.3) is 0 Å². The minimum absolute atomic E-state index is 0.874. The fourth-order valence-corrected chi connectivity index (χ4v) is 5.34. The van der Waals surface area contributed by atoms with Gasteiger partial charge in [0.05, 0.1) is 5.69 Å². The summed E-state index contributed by atoms with van der Waals surface area (Å²) in [7, 11) is 0. The lowest BCUT2D eigenvalue weighted by Crippen LogP contribution is -2.48. The molecular weight excluding hydrogens is 246 g/mol. The Bertz CT molecular complexity index is 457. The third-order valence-electron chi connectivity index (χ3n) is 5.94. The van der Waals surface area contributed by atoms with Crippen molar-refractivity contribution in [2.75, 3.05) is 6.54 Å². The first-order valence-corrected chi connectivity index (χ1v) is 8.27. The van der Waals surface area contributed by atoms with Gasteiger partial charge >= 0.3 is 0 Å². The minimum Gasteiger partial charge on any atom is -0.311 e. The van der Waals surface area contributed by atoms with Gasteiger partial charge in [-0.05, 0) is 81.2 Å². The summed E-state index contributed by atoms with van der Waals surface area (Å²) in [5, 5.41) is 3.67. The fraction of sp³-hybridized carbons (Fsp3) is 0.765. The molecule has 4 saturated carbocycles. The second-order valence-corrected chi connectivity index (χ2v) is 7.32. The molecule has 4 aliphatic rings. The zero-order valence-electron chi connectivity index (χ0n) is 12.4. The van der Waals surface area contributed by atoms with Crippen LogP contribution >= 0.6 is 0 Å². The molecule has 0 aromatic carbocycles. The van der Waals surface area contributed by atoms with Crippen molar-refractivity contribution in [2.45, 2.75) is 45.6 Å². The van der Waals surface area contributed by atoms with E-state index >= 15 is 0 Å². The summed E-state index contributed by atoms with van der Waals surface area (Å²) in [6.07, 6.45) is 9.49. The number of hydrogen-bond donors (Lipinski definition) is 1. The predicted molar refractivity (Wildman–Crippen MR) is 79.0 cm³/mol. The van der Waals surface area contributed by atoms with Crippen LogP contribution < -0.4 is 5.32 Å². The van der Waals surface area contributed by atoms with E-state index in [1.165, 1.54) is 32.2 Å². The zero-order valence-corrected chi connectivity index (χ0v) is 12.4. The normalized spacial score (nSPS) is 38.4. The van der Waals surface area contributed by atoms with Gasteiger partial charge in [-0.3, -0.25) is 0 Å². The molecule has 108 valence electrons. The first kappa shape index (κ1) is 12.8. The lowest BCUT2D eigenvalue weighted by Gasteiger charge is -2.54. The van der Waals surface area contributed by atoms with Crippen molar-refractivity contribution < 1.29 is 0 Å². The Kier molecular flexibility index (Phi) is 3.25. The molecule has 1 N–H and O–H groups in total. The summed E-state index contributed by atoms with van der Waals surface area (Å²) in [5.41, 5.74) is 1.13. The van der Waals surface area contributed by atoms with Gasteiger partial charge in [0.1, 0.15) is 5.82 Å². The standard InChI is InChI=1S/C17H25N3/c1-11-19-3-2-16(20-11)9-18-10-17-14-5-12-4-13(7-14)8-15(17)6-12/h2-3,12-15,17-18H,4-10H2,1H3. The number of nitrogens with one attached hydrogen (secondary N) is 1. The zero-order chi connectivity index (χ0) is 13.5. The number of nitrogens with zero attached hydrogens (tertiary/aromatic N) is 2. The molecule has 20 heavy (non-hydrogen) atoms. The molecule has 0 unspecified atom stereocenters. The van der Waals surface area contributed by atoms with E-state index in [-0.39, 0.29) is 0 Å². The van der Waals surface area contributed by atoms with Crippen LogP contribution in [-0.2, 0) is 6.54 Å². The van der Waals surface area contributed by atoms with Crippen LogP contribution in [0, 0.1) is 36.5 Å². The van der Waals surface area contributed by atoms with Gasteiger partial charge in [0.15, 0.2) is 0 Å². The van der Waals surface area contributed by atoms with Crippen LogP contribution in [0.4, 0.5) is 0 Å². The molecule has 1 heterocycles. The van der Waals surface area contributed by atoms with Crippen LogP contribution in [0.15, 0.2) is 12.3 Å². The molecule has 1 aromatic rings. The highest BCUT2D eigenvalue weighted by Crippen LogP contribution is 2.56. The second-order valence-electron chi connectivity index (χ2n) is 7.32. The smallest absolute Gasteiger partial charge is 0.125 e.